The molecule has 0 saturated heterocycles. The molecule has 3 rings (SSSR count). The number of ether oxygens (including phenoxy) is 1. The molecule has 21 heavy (non-hydrogen) atoms. The van der Waals surface area contributed by atoms with Crippen LogP contribution in [0, 0.1) is 6.92 Å². The van der Waals surface area contributed by atoms with Crippen LogP contribution in [0.5, 0.6) is 5.75 Å². The highest BCUT2D eigenvalue weighted by Gasteiger charge is 2.24. The Bertz CT molecular complexity index is 684. The van der Waals surface area contributed by atoms with Gasteiger partial charge in [-0.05, 0) is 36.6 Å². The van der Waals surface area contributed by atoms with Crippen LogP contribution in [0.1, 0.15) is 23.5 Å². The van der Waals surface area contributed by atoms with Gasteiger partial charge in [-0.3, -0.25) is 4.21 Å². The zero-order chi connectivity index (χ0) is 14.8. The summed E-state index contributed by atoms with van der Waals surface area (Å²) in [5.74, 6) is 1.77. The molecular weight excluding hydrogens is 282 g/mol. The highest BCUT2D eigenvalue weighted by atomic mass is 32.2. The normalized spacial score (nSPS) is 18.6. The topological polar surface area (TPSA) is 52.3 Å². The number of rotatable bonds is 3. The summed E-state index contributed by atoms with van der Waals surface area (Å²) >= 11 is 0. The van der Waals surface area contributed by atoms with Gasteiger partial charge in [-0.1, -0.05) is 30.3 Å². The van der Waals surface area contributed by atoms with E-state index in [-0.39, 0.29) is 5.92 Å². The average Bonchev–Trinajstić information content (AvgIpc) is 2.50. The van der Waals surface area contributed by atoms with Crippen LogP contribution >= 0.6 is 0 Å². The van der Waals surface area contributed by atoms with Crippen molar-refractivity contribution in [1.82, 2.24) is 0 Å². The lowest BCUT2D eigenvalue weighted by Gasteiger charge is -2.25. The average molecular weight is 301 g/mol. The van der Waals surface area contributed by atoms with Gasteiger partial charge in [-0.2, -0.15) is 0 Å². The molecule has 0 radical (unpaired) electrons. The predicted octanol–water partition coefficient (Wildman–Crippen LogP) is 3.25. The van der Waals surface area contributed by atoms with Crippen molar-refractivity contribution in [3.63, 3.8) is 0 Å². The van der Waals surface area contributed by atoms with Crippen molar-refractivity contribution in [3.8, 4) is 5.75 Å². The lowest BCUT2D eigenvalue weighted by atomic mass is 9.95. The van der Waals surface area contributed by atoms with Crippen LogP contribution in [0.15, 0.2) is 47.4 Å². The van der Waals surface area contributed by atoms with E-state index in [0.29, 0.717) is 18.0 Å². The van der Waals surface area contributed by atoms with E-state index < -0.39 is 10.8 Å². The van der Waals surface area contributed by atoms with E-state index in [1.165, 1.54) is 0 Å². The molecule has 0 amide bonds. The second-order valence-corrected chi connectivity index (χ2v) is 6.84. The number of para-hydroxylation sites is 2. The molecule has 4 heteroatoms. The molecule has 2 unspecified atom stereocenters. The number of benzene rings is 2. The van der Waals surface area contributed by atoms with E-state index >= 15 is 0 Å². The zero-order valence-corrected chi connectivity index (χ0v) is 12.9. The van der Waals surface area contributed by atoms with Crippen LogP contribution in [0.4, 0.5) is 5.69 Å². The molecule has 2 aromatic rings. The van der Waals surface area contributed by atoms with Crippen LogP contribution < -0.4 is 10.5 Å². The second-order valence-electron chi connectivity index (χ2n) is 5.37. The van der Waals surface area contributed by atoms with E-state index in [9.17, 15) is 4.21 Å². The minimum absolute atomic E-state index is 0.260. The lowest BCUT2D eigenvalue weighted by Crippen LogP contribution is -2.19. The van der Waals surface area contributed by atoms with Crippen LogP contribution in [0.25, 0.3) is 0 Å². The molecule has 1 aliphatic heterocycles. The van der Waals surface area contributed by atoms with Crippen LogP contribution in [0.2, 0.25) is 0 Å². The SMILES string of the molecule is Cc1cccc(S(=O)CC2CCOc3ccccc32)c1N. The third-order valence-electron chi connectivity index (χ3n) is 3.96. The number of nitrogens with two attached hydrogens (primary N) is 1. The number of nitrogen functional groups attached to an aromatic ring is 1. The lowest BCUT2D eigenvalue weighted by molar-refractivity contribution is 0.273. The zero-order valence-electron chi connectivity index (χ0n) is 12.0. The molecule has 1 aliphatic rings. The van der Waals surface area contributed by atoms with E-state index in [1.807, 2.05) is 43.3 Å². The van der Waals surface area contributed by atoms with Crippen molar-refractivity contribution in [3.05, 3.63) is 53.6 Å². The summed E-state index contributed by atoms with van der Waals surface area (Å²) in [6.45, 7) is 2.63. The Hall–Kier alpha value is -1.81. The summed E-state index contributed by atoms with van der Waals surface area (Å²) in [6, 6.07) is 13.7. The molecule has 1 heterocycles. The fourth-order valence-electron chi connectivity index (χ4n) is 2.71. The minimum Gasteiger partial charge on any atom is -0.493 e. The number of aryl methyl sites for hydroxylation is 1. The molecule has 0 bridgehead atoms. The fraction of sp³-hybridized carbons (Fsp3) is 0.294. The minimum atomic E-state index is -1.09. The molecule has 0 aromatic heterocycles. The number of fused-ring (bicyclic) bond motifs is 1. The van der Waals surface area contributed by atoms with Crippen molar-refractivity contribution in [2.45, 2.75) is 24.2 Å². The Morgan fingerprint density at radius 1 is 1.24 bits per heavy atom. The Labute approximate surface area is 127 Å². The van der Waals surface area contributed by atoms with Crippen molar-refractivity contribution in [1.29, 1.82) is 0 Å². The summed E-state index contributed by atoms with van der Waals surface area (Å²) in [4.78, 5) is 0.749. The maximum atomic E-state index is 12.7. The Balaban J connectivity index is 1.85. The first kappa shape index (κ1) is 14.1. The first-order chi connectivity index (χ1) is 10.2. The molecule has 2 atom stereocenters. The van der Waals surface area contributed by atoms with E-state index in [2.05, 4.69) is 6.07 Å². The predicted molar refractivity (Wildman–Crippen MR) is 86.2 cm³/mol. The van der Waals surface area contributed by atoms with Gasteiger partial charge in [0.2, 0.25) is 0 Å². The first-order valence-electron chi connectivity index (χ1n) is 7.12. The molecular formula is C17H19NO2S. The smallest absolute Gasteiger partial charge is 0.122 e. The summed E-state index contributed by atoms with van der Waals surface area (Å²) in [5, 5.41) is 0. The highest BCUT2D eigenvalue weighted by molar-refractivity contribution is 7.85. The summed E-state index contributed by atoms with van der Waals surface area (Å²) < 4.78 is 18.3. The van der Waals surface area contributed by atoms with Gasteiger partial charge in [0, 0.05) is 11.7 Å². The summed E-state index contributed by atoms with van der Waals surface area (Å²) in [5.41, 5.74) is 8.85. The Kier molecular flexibility index (Phi) is 3.97. The van der Waals surface area contributed by atoms with Gasteiger partial charge in [0.25, 0.3) is 0 Å². The third kappa shape index (κ3) is 2.81. The number of hydrogen-bond acceptors (Lipinski definition) is 3. The summed E-state index contributed by atoms with van der Waals surface area (Å²) in [7, 11) is -1.09. The van der Waals surface area contributed by atoms with Gasteiger partial charge in [-0.25, -0.2) is 0 Å². The van der Waals surface area contributed by atoms with Crippen molar-refractivity contribution < 1.29 is 8.95 Å². The van der Waals surface area contributed by atoms with Gasteiger partial charge in [0.05, 0.1) is 28.0 Å². The van der Waals surface area contributed by atoms with Crippen LogP contribution in [0.3, 0.4) is 0 Å². The molecule has 110 valence electrons. The third-order valence-corrected chi connectivity index (χ3v) is 5.52. The Morgan fingerprint density at radius 3 is 2.90 bits per heavy atom. The van der Waals surface area contributed by atoms with Crippen molar-refractivity contribution >= 4 is 16.5 Å². The molecule has 2 N–H and O–H groups in total. The van der Waals surface area contributed by atoms with Gasteiger partial charge in [0.1, 0.15) is 5.75 Å². The van der Waals surface area contributed by atoms with E-state index in [1.54, 1.807) is 0 Å². The summed E-state index contributed by atoms with van der Waals surface area (Å²) in [6.07, 6.45) is 0.897. The van der Waals surface area contributed by atoms with Gasteiger partial charge in [0.15, 0.2) is 0 Å². The van der Waals surface area contributed by atoms with Crippen molar-refractivity contribution in [2.75, 3.05) is 18.1 Å². The van der Waals surface area contributed by atoms with Crippen molar-refractivity contribution in [2.24, 2.45) is 0 Å². The van der Waals surface area contributed by atoms with E-state index in [4.69, 9.17) is 10.5 Å². The highest BCUT2D eigenvalue weighted by Crippen LogP contribution is 2.35. The number of anilines is 1. The standard InChI is InChI=1S/C17H19NO2S/c1-12-5-4-8-16(17(12)18)21(19)11-13-9-10-20-15-7-3-2-6-14(13)15/h2-8,13H,9-11,18H2,1H3. The molecule has 0 saturated carbocycles. The second kappa shape index (κ2) is 5.90. The van der Waals surface area contributed by atoms with Gasteiger partial charge < -0.3 is 10.5 Å². The van der Waals surface area contributed by atoms with Gasteiger partial charge in [-0.15, -0.1) is 0 Å². The number of hydrogen-bond donors (Lipinski definition) is 1. The molecule has 0 spiro atoms. The first-order valence-corrected chi connectivity index (χ1v) is 8.44. The maximum Gasteiger partial charge on any atom is 0.122 e. The Morgan fingerprint density at radius 2 is 2.05 bits per heavy atom. The molecule has 0 aliphatic carbocycles. The maximum absolute atomic E-state index is 12.7. The van der Waals surface area contributed by atoms with E-state index in [0.717, 1.165) is 28.2 Å². The van der Waals surface area contributed by atoms with Crippen LogP contribution in [-0.4, -0.2) is 16.6 Å². The van der Waals surface area contributed by atoms with Crippen LogP contribution in [-0.2, 0) is 10.8 Å². The quantitative estimate of drug-likeness (QED) is 0.885. The molecule has 2 aromatic carbocycles. The fourth-order valence-corrected chi connectivity index (χ4v) is 4.24. The molecule has 3 nitrogen and oxygen atoms in total. The molecule has 0 fully saturated rings. The van der Waals surface area contributed by atoms with Gasteiger partial charge >= 0.3 is 0 Å². The monoisotopic (exact) mass is 301 g/mol. The largest absolute Gasteiger partial charge is 0.493 e.